The molecule has 1 N–H and O–H groups in total. The Morgan fingerprint density at radius 3 is 2.71 bits per heavy atom. The van der Waals surface area contributed by atoms with Gasteiger partial charge in [0.25, 0.3) is 6.43 Å². The maximum absolute atomic E-state index is 12.2. The van der Waals surface area contributed by atoms with Gasteiger partial charge < -0.3 is 5.11 Å². The first-order valence-corrected chi connectivity index (χ1v) is 3.96. The Hall–Kier alpha value is -1.25. The highest BCUT2D eigenvalue weighted by Gasteiger charge is 2.15. The summed E-state index contributed by atoms with van der Waals surface area (Å²) >= 11 is 5.50. The van der Waals surface area contributed by atoms with E-state index in [4.69, 9.17) is 22.0 Å². The third kappa shape index (κ3) is 1.97. The molecule has 6 heteroatoms. The predicted octanol–water partition coefficient (Wildman–Crippen LogP) is 2.04. The second kappa shape index (κ2) is 4.31. The van der Waals surface area contributed by atoms with Crippen molar-refractivity contribution in [2.45, 2.75) is 13.0 Å². The minimum Gasteiger partial charge on any atom is -0.392 e. The number of aromatic nitrogens is 1. The fraction of sp³-hybridized carbons (Fsp3) is 0.250. The summed E-state index contributed by atoms with van der Waals surface area (Å²) in [6.07, 6.45) is -2.78. The predicted molar refractivity (Wildman–Crippen MR) is 44.8 cm³/mol. The summed E-state index contributed by atoms with van der Waals surface area (Å²) in [5.41, 5.74) is -0.579. The van der Waals surface area contributed by atoms with Gasteiger partial charge in [-0.3, -0.25) is 0 Å². The smallest absolute Gasteiger partial charge is 0.280 e. The lowest BCUT2D eigenvalue weighted by atomic mass is 10.1. The van der Waals surface area contributed by atoms with E-state index in [1.807, 2.05) is 0 Å². The molecular weight excluding hydrogens is 214 g/mol. The second-order valence-corrected chi connectivity index (χ2v) is 2.79. The van der Waals surface area contributed by atoms with E-state index in [2.05, 4.69) is 4.98 Å². The number of hydrogen-bond donors (Lipinski definition) is 1. The lowest BCUT2D eigenvalue weighted by Gasteiger charge is -2.05. The van der Waals surface area contributed by atoms with Gasteiger partial charge in [0.2, 0.25) is 0 Å². The molecule has 1 aromatic heterocycles. The number of pyridine rings is 1. The molecule has 0 amide bonds. The van der Waals surface area contributed by atoms with Gasteiger partial charge in [0.1, 0.15) is 10.8 Å². The minimum atomic E-state index is -2.78. The summed E-state index contributed by atoms with van der Waals surface area (Å²) in [6.45, 7) is -0.502. The second-order valence-electron chi connectivity index (χ2n) is 2.43. The molecule has 0 aliphatic rings. The highest BCUT2D eigenvalue weighted by Crippen LogP contribution is 2.24. The molecule has 0 aromatic carbocycles. The van der Waals surface area contributed by atoms with Crippen LogP contribution in [0.1, 0.15) is 23.2 Å². The fourth-order valence-electron chi connectivity index (χ4n) is 0.921. The van der Waals surface area contributed by atoms with E-state index >= 15 is 0 Å². The van der Waals surface area contributed by atoms with E-state index in [1.165, 1.54) is 0 Å². The van der Waals surface area contributed by atoms with Crippen molar-refractivity contribution in [3.63, 3.8) is 0 Å². The van der Waals surface area contributed by atoms with Crippen LogP contribution in [0.25, 0.3) is 0 Å². The molecule has 0 aliphatic carbocycles. The number of hydrogen-bond acceptors (Lipinski definition) is 3. The van der Waals surface area contributed by atoms with Crippen LogP contribution >= 0.6 is 11.6 Å². The van der Waals surface area contributed by atoms with E-state index in [0.717, 1.165) is 6.07 Å². The number of halogens is 3. The van der Waals surface area contributed by atoms with Gasteiger partial charge in [-0.25, -0.2) is 13.8 Å². The Balaban J connectivity index is 3.33. The molecule has 1 heterocycles. The molecule has 0 spiro atoms. The fourth-order valence-corrected chi connectivity index (χ4v) is 1.18. The van der Waals surface area contributed by atoms with Crippen molar-refractivity contribution in [1.82, 2.24) is 4.98 Å². The number of alkyl halides is 2. The Bertz CT molecular complexity index is 390. The van der Waals surface area contributed by atoms with Gasteiger partial charge in [0.05, 0.1) is 18.2 Å². The number of aliphatic hydroxyl groups is 1. The molecule has 1 aromatic rings. The van der Waals surface area contributed by atoms with Crippen molar-refractivity contribution >= 4 is 11.6 Å². The molecule has 0 saturated carbocycles. The first-order valence-electron chi connectivity index (χ1n) is 3.58. The zero-order valence-corrected chi connectivity index (χ0v) is 7.59. The largest absolute Gasteiger partial charge is 0.392 e. The third-order valence-electron chi connectivity index (χ3n) is 1.60. The van der Waals surface area contributed by atoms with Gasteiger partial charge in [-0.15, -0.1) is 0 Å². The third-order valence-corrected chi connectivity index (χ3v) is 1.91. The van der Waals surface area contributed by atoms with Crippen molar-refractivity contribution in [1.29, 1.82) is 5.26 Å². The van der Waals surface area contributed by atoms with Gasteiger partial charge in [-0.2, -0.15) is 5.26 Å². The van der Waals surface area contributed by atoms with Gasteiger partial charge in [-0.05, 0) is 6.07 Å². The van der Waals surface area contributed by atoms with Crippen LogP contribution in [0.4, 0.5) is 8.78 Å². The Kier molecular flexibility index (Phi) is 3.33. The molecule has 0 fully saturated rings. The van der Waals surface area contributed by atoms with Crippen LogP contribution in [0.3, 0.4) is 0 Å². The molecule has 0 unspecified atom stereocenters. The van der Waals surface area contributed by atoms with Gasteiger partial charge in [-0.1, -0.05) is 11.6 Å². The van der Waals surface area contributed by atoms with Crippen molar-refractivity contribution in [3.8, 4) is 6.07 Å². The lowest BCUT2D eigenvalue weighted by Crippen LogP contribution is -1.99. The monoisotopic (exact) mass is 218 g/mol. The van der Waals surface area contributed by atoms with Crippen molar-refractivity contribution < 1.29 is 13.9 Å². The van der Waals surface area contributed by atoms with Gasteiger partial charge >= 0.3 is 0 Å². The first kappa shape index (κ1) is 10.8. The topological polar surface area (TPSA) is 56.9 Å². The van der Waals surface area contributed by atoms with E-state index in [9.17, 15) is 8.78 Å². The number of aliphatic hydroxyl groups excluding tert-OH is 1. The molecule has 3 nitrogen and oxygen atoms in total. The zero-order valence-electron chi connectivity index (χ0n) is 6.84. The Morgan fingerprint density at radius 2 is 2.29 bits per heavy atom. The Morgan fingerprint density at radius 1 is 1.64 bits per heavy atom. The average Bonchev–Trinajstić information content (AvgIpc) is 2.16. The SMILES string of the molecule is N#Cc1cc(C(F)F)nc(Cl)c1CO. The van der Waals surface area contributed by atoms with Crippen LogP contribution < -0.4 is 0 Å². The normalized spacial score (nSPS) is 10.3. The van der Waals surface area contributed by atoms with Crippen LogP contribution in [0.15, 0.2) is 6.07 Å². The first-order chi connectivity index (χ1) is 6.60. The van der Waals surface area contributed by atoms with Gasteiger partial charge in [0.15, 0.2) is 0 Å². The van der Waals surface area contributed by atoms with Crippen LogP contribution in [-0.2, 0) is 6.61 Å². The quantitative estimate of drug-likeness (QED) is 0.773. The van der Waals surface area contributed by atoms with Crippen LogP contribution in [0.5, 0.6) is 0 Å². The van der Waals surface area contributed by atoms with E-state index < -0.39 is 18.7 Å². The number of nitriles is 1. The molecule has 0 radical (unpaired) electrons. The lowest BCUT2D eigenvalue weighted by molar-refractivity contribution is 0.146. The molecule has 0 saturated heterocycles. The van der Waals surface area contributed by atoms with Crippen LogP contribution in [0, 0.1) is 11.3 Å². The molecule has 14 heavy (non-hydrogen) atoms. The zero-order chi connectivity index (χ0) is 10.7. The van der Waals surface area contributed by atoms with E-state index in [-0.39, 0.29) is 16.3 Å². The summed E-state index contributed by atoms with van der Waals surface area (Å²) in [5, 5.41) is 17.1. The maximum Gasteiger partial charge on any atom is 0.280 e. The summed E-state index contributed by atoms with van der Waals surface area (Å²) in [5.74, 6) is 0. The summed E-state index contributed by atoms with van der Waals surface area (Å²) in [7, 11) is 0. The summed E-state index contributed by atoms with van der Waals surface area (Å²) < 4.78 is 24.4. The maximum atomic E-state index is 12.2. The highest BCUT2D eigenvalue weighted by atomic mass is 35.5. The molecular formula is C8H5ClF2N2O. The van der Waals surface area contributed by atoms with Crippen molar-refractivity contribution in [3.05, 3.63) is 28.0 Å². The molecule has 1 rings (SSSR count). The average molecular weight is 219 g/mol. The van der Waals surface area contributed by atoms with Crippen molar-refractivity contribution in [2.24, 2.45) is 0 Å². The highest BCUT2D eigenvalue weighted by molar-refractivity contribution is 6.30. The number of nitrogens with zero attached hydrogens (tertiary/aromatic N) is 2. The van der Waals surface area contributed by atoms with Crippen LogP contribution in [0.2, 0.25) is 5.15 Å². The summed E-state index contributed by atoms with van der Waals surface area (Å²) in [4.78, 5) is 3.36. The molecule has 0 aliphatic heterocycles. The van der Waals surface area contributed by atoms with Gasteiger partial charge in [0, 0.05) is 5.56 Å². The van der Waals surface area contributed by atoms with E-state index in [1.54, 1.807) is 6.07 Å². The van der Waals surface area contributed by atoms with Crippen LogP contribution in [-0.4, -0.2) is 10.1 Å². The Labute approximate surface area is 83.6 Å². The summed E-state index contributed by atoms with van der Waals surface area (Å²) in [6, 6.07) is 2.58. The van der Waals surface area contributed by atoms with Crippen molar-refractivity contribution in [2.75, 3.05) is 0 Å². The molecule has 74 valence electrons. The molecule has 0 atom stereocenters. The van der Waals surface area contributed by atoms with E-state index in [0.29, 0.717) is 0 Å². The standard InChI is InChI=1S/C8H5ClF2N2O/c9-7-5(3-14)4(2-12)1-6(13-7)8(10)11/h1,8,14H,3H2. The number of rotatable bonds is 2. The molecule has 0 bridgehead atoms. The minimum absolute atomic E-state index is 0.0681.